The minimum Gasteiger partial charge on any atom is -0.312 e. The molecular formula is C15H22ClN3. The molecular weight excluding hydrogens is 258 g/mol. The van der Waals surface area contributed by atoms with E-state index in [2.05, 4.69) is 21.3 Å². The van der Waals surface area contributed by atoms with E-state index < -0.39 is 0 Å². The van der Waals surface area contributed by atoms with Gasteiger partial charge >= 0.3 is 0 Å². The van der Waals surface area contributed by atoms with Gasteiger partial charge in [-0.15, -0.1) is 0 Å². The van der Waals surface area contributed by atoms with Crippen LogP contribution in [-0.4, -0.2) is 35.1 Å². The Morgan fingerprint density at radius 2 is 2.26 bits per heavy atom. The molecule has 0 aromatic carbocycles. The van der Waals surface area contributed by atoms with Crippen molar-refractivity contribution in [3.05, 3.63) is 29.0 Å². The largest absolute Gasteiger partial charge is 0.312 e. The fraction of sp³-hybridized carbons (Fsp3) is 0.667. The Labute approximate surface area is 120 Å². The topological polar surface area (TPSA) is 28.2 Å². The van der Waals surface area contributed by atoms with E-state index in [4.69, 9.17) is 11.6 Å². The molecule has 19 heavy (non-hydrogen) atoms. The van der Waals surface area contributed by atoms with Crippen molar-refractivity contribution in [3.63, 3.8) is 0 Å². The van der Waals surface area contributed by atoms with Crippen molar-refractivity contribution in [1.82, 2.24) is 15.2 Å². The predicted molar refractivity (Wildman–Crippen MR) is 78.3 cm³/mol. The van der Waals surface area contributed by atoms with Crippen molar-refractivity contribution in [2.24, 2.45) is 0 Å². The summed E-state index contributed by atoms with van der Waals surface area (Å²) in [5, 5.41) is 4.32. The quantitative estimate of drug-likeness (QED) is 0.863. The van der Waals surface area contributed by atoms with E-state index in [0.717, 1.165) is 12.1 Å². The van der Waals surface area contributed by atoms with Gasteiger partial charge in [-0.05, 0) is 44.8 Å². The maximum Gasteiger partial charge on any atom is 0.133 e. The number of aromatic nitrogens is 1. The summed E-state index contributed by atoms with van der Waals surface area (Å²) in [6, 6.07) is 5.43. The third-order valence-electron chi connectivity index (χ3n) is 4.44. The Morgan fingerprint density at radius 3 is 3.05 bits per heavy atom. The monoisotopic (exact) mass is 279 g/mol. The first-order valence-electron chi connectivity index (χ1n) is 7.41. The van der Waals surface area contributed by atoms with Crippen LogP contribution >= 0.6 is 11.6 Å². The molecule has 3 nitrogen and oxygen atoms in total. The molecule has 3 heterocycles. The van der Waals surface area contributed by atoms with Gasteiger partial charge in [-0.1, -0.05) is 24.1 Å². The van der Waals surface area contributed by atoms with E-state index in [-0.39, 0.29) is 0 Å². The summed E-state index contributed by atoms with van der Waals surface area (Å²) in [5.74, 6) is 0. The van der Waals surface area contributed by atoms with Gasteiger partial charge in [0.2, 0.25) is 0 Å². The highest BCUT2D eigenvalue weighted by Crippen LogP contribution is 2.26. The summed E-state index contributed by atoms with van der Waals surface area (Å²) in [6.07, 6.45) is 8.39. The molecule has 0 radical (unpaired) electrons. The SMILES string of the molecule is Clc1ncccc1CN1CCCCC1C1CCCN1. The molecule has 4 heteroatoms. The van der Waals surface area contributed by atoms with Crippen LogP contribution < -0.4 is 5.32 Å². The third-order valence-corrected chi connectivity index (χ3v) is 4.78. The summed E-state index contributed by atoms with van der Waals surface area (Å²) in [4.78, 5) is 6.80. The van der Waals surface area contributed by atoms with Gasteiger partial charge in [0, 0.05) is 30.4 Å². The zero-order valence-corrected chi connectivity index (χ0v) is 12.1. The second-order valence-electron chi connectivity index (χ2n) is 5.69. The van der Waals surface area contributed by atoms with Crippen molar-refractivity contribution in [2.75, 3.05) is 13.1 Å². The highest BCUT2D eigenvalue weighted by atomic mass is 35.5. The molecule has 104 valence electrons. The van der Waals surface area contributed by atoms with Crippen LogP contribution in [0.2, 0.25) is 5.15 Å². The lowest BCUT2D eigenvalue weighted by Crippen LogP contribution is -2.49. The standard InChI is InChI=1S/C15H22ClN3/c16-15-12(5-3-9-18-15)11-19-10-2-1-7-14(19)13-6-4-8-17-13/h3,5,9,13-14,17H,1-2,4,6-8,10-11H2. The number of pyridine rings is 1. The van der Waals surface area contributed by atoms with Crippen LogP contribution in [-0.2, 0) is 6.54 Å². The second-order valence-corrected chi connectivity index (χ2v) is 6.05. The lowest BCUT2D eigenvalue weighted by molar-refractivity contribution is 0.112. The van der Waals surface area contributed by atoms with Gasteiger partial charge in [0.1, 0.15) is 5.15 Å². The lowest BCUT2D eigenvalue weighted by atomic mass is 9.94. The maximum absolute atomic E-state index is 6.20. The molecule has 0 bridgehead atoms. The average Bonchev–Trinajstić information content (AvgIpc) is 2.96. The number of nitrogens with zero attached hydrogens (tertiary/aromatic N) is 2. The number of piperidine rings is 1. The summed E-state index contributed by atoms with van der Waals surface area (Å²) in [6.45, 7) is 3.31. The summed E-state index contributed by atoms with van der Waals surface area (Å²) < 4.78 is 0. The zero-order valence-electron chi connectivity index (χ0n) is 11.3. The van der Waals surface area contributed by atoms with Gasteiger partial charge in [0.15, 0.2) is 0 Å². The van der Waals surface area contributed by atoms with E-state index >= 15 is 0 Å². The van der Waals surface area contributed by atoms with E-state index in [0.29, 0.717) is 17.2 Å². The predicted octanol–water partition coefficient (Wildman–Crippen LogP) is 2.84. The van der Waals surface area contributed by atoms with Crippen LogP contribution in [0.5, 0.6) is 0 Å². The number of hydrogen-bond donors (Lipinski definition) is 1. The Bertz CT molecular complexity index is 418. The van der Waals surface area contributed by atoms with E-state index in [1.54, 1.807) is 6.20 Å². The molecule has 1 aromatic heterocycles. The molecule has 2 aliphatic heterocycles. The van der Waals surface area contributed by atoms with Crippen molar-refractivity contribution in [1.29, 1.82) is 0 Å². The number of rotatable bonds is 3. The number of likely N-dealkylation sites (tertiary alicyclic amines) is 1. The first kappa shape index (κ1) is 13.3. The van der Waals surface area contributed by atoms with Gasteiger partial charge in [-0.25, -0.2) is 4.98 Å². The van der Waals surface area contributed by atoms with Crippen LogP contribution in [0.25, 0.3) is 0 Å². The third kappa shape index (κ3) is 3.10. The van der Waals surface area contributed by atoms with Gasteiger partial charge in [-0.2, -0.15) is 0 Å². The van der Waals surface area contributed by atoms with Crippen LogP contribution in [0.4, 0.5) is 0 Å². The Balaban J connectivity index is 1.71. The van der Waals surface area contributed by atoms with Crippen molar-refractivity contribution in [2.45, 2.75) is 50.7 Å². The number of halogens is 1. The fourth-order valence-corrected chi connectivity index (χ4v) is 3.64. The minimum atomic E-state index is 0.659. The van der Waals surface area contributed by atoms with E-state index in [1.807, 2.05) is 6.07 Å². The van der Waals surface area contributed by atoms with Gasteiger partial charge in [-0.3, -0.25) is 4.90 Å². The van der Waals surface area contributed by atoms with Crippen molar-refractivity contribution in [3.8, 4) is 0 Å². The van der Waals surface area contributed by atoms with Gasteiger partial charge in [0.05, 0.1) is 0 Å². The van der Waals surface area contributed by atoms with E-state index in [9.17, 15) is 0 Å². The molecule has 2 aliphatic rings. The number of nitrogens with one attached hydrogen (secondary N) is 1. The molecule has 2 unspecified atom stereocenters. The Kier molecular flexibility index (Phi) is 4.36. The van der Waals surface area contributed by atoms with Crippen LogP contribution in [0, 0.1) is 0 Å². The van der Waals surface area contributed by atoms with Crippen LogP contribution in [0.15, 0.2) is 18.3 Å². The first-order valence-corrected chi connectivity index (χ1v) is 7.79. The Morgan fingerprint density at radius 1 is 1.32 bits per heavy atom. The van der Waals surface area contributed by atoms with Gasteiger partial charge in [0.25, 0.3) is 0 Å². The number of hydrogen-bond acceptors (Lipinski definition) is 3. The summed E-state index contributed by atoms with van der Waals surface area (Å²) in [7, 11) is 0. The minimum absolute atomic E-state index is 0.659. The Hall–Kier alpha value is -0.640. The second kappa shape index (κ2) is 6.21. The average molecular weight is 280 g/mol. The smallest absolute Gasteiger partial charge is 0.133 e. The molecule has 0 amide bonds. The molecule has 0 aliphatic carbocycles. The lowest BCUT2D eigenvalue weighted by Gasteiger charge is -2.39. The van der Waals surface area contributed by atoms with Crippen LogP contribution in [0.1, 0.15) is 37.7 Å². The normalized spacial score (nSPS) is 28.7. The van der Waals surface area contributed by atoms with Crippen molar-refractivity contribution >= 4 is 11.6 Å². The van der Waals surface area contributed by atoms with Crippen molar-refractivity contribution < 1.29 is 0 Å². The first-order chi connectivity index (χ1) is 9.34. The molecule has 1 N–H and O–H groups in total. The fourth-order valence-electron chi connectivity index (χ4n) is 3.46. The highest BCUT2D eigenvalue weighted by molar-refractivity contribution is 6.30. The summed E-state index contributed by atoms with van der Waals surface area (Å²) in [5.41, 5.74) is 1.16. The summed E-state index contributed by atoms with van der Waals surface area (Å²) >= 11 is 6.20. The highest BCUT2D eigenvalue weighted by Gasteiger charge is 2.31. The molecule has 2 atom stereocenters. The molecule has 1 aromatic rings. The molecule has 2 saturated heterocycles. The molecule has 3 rings (SSSR count). The van der Waals surface area contributed by atoms with Gasteiger partial charge < -0.3 is 5.32 Å². The molecule has 0 saturated carbocycles. The van der Waals surface area contributed by atoms with E-state index in [1.165, 1.54) is 45.2 Å². The maximum atomic E-state index is 6.20. The molecule has 2 fully saturated rings. The van der Waals surface area contributed by atoms with Crippen LogP contribution in [0.3, 0.4) is 0 Å². The zero-order chi connectivity index (χ0) is 13.1. The molecule has 0 spiro atoms.